The van der Waals surface area contributed by atoms with Crippen LogP contribution in [0.3, 0.4) is 0 Å². The lowest BCUT2D eigenvalue weighted by atomic mass is 10.0. The first-order chi connectivity index (χ1) is 12.0. The highest BCUT2D eigenvalue weighted by Gasteiger charge is 2.32. The van der Waals surface area contributed by atoms with Gasteiger partial charge in [-0.2, -0.15) is 13.2 Å². The van der Waals surface area contributed by atoms with E-state index in [1.54, 1.807) is 37.3 Å². The van der Waals surface area contributed by atoms with Crippen molar-refractivity contribution in [3.8, 4) is 11.5 Å². The van der Waals surface area contributed by atoms with Gasteiger partial charge in [0, 0.05) is 0 Å². The molecule has 138 valence electrons. The Labute approximate surface area is 156 Å². The standard InChI is InChI=1S/C19H20F3NOSSi/c1-14-12-15(19(20,21)22)13-18(17(14)10-11-26(2,3)4)23-25(24)16-8-6-5-7-9-16/h5-9,12-13,23H,1-4H3. The van der Waals surface area contributed by atoms with Gasteiger partial charge < -0.3 is 4.55 Å². The lowest BCUT2D eigenvalue weighted by molar-refractivity contribution is -0.137. The van der Waals surface area contributed by atoms with Gasteiger partial charge in [-0.25, -0.2) is 4.72 Å². The minimum atomic E-state index is -4.49. The number of alkyl halides is 3. The van der Waals surface area contributed by atoms with Crippen molar-refractivity contribution < 1.29 is 17.7 Å². The molecule has 0 aliphatic rings. The molecular formula is C19H20F3NOSSi. The summed E-state index contributed by atoms with van der Waals surface area (Å²) in [6.07, 6.45) is -4.49. The molecule has 0 bridgehead atoms. The van der Waals surface area contributed by atoms with Gasteiger partial charge in [0.25, 0.3) is 0 Å². The predicted molar refractivity (Wildman–Crippen MR) is 103 cm³/mol. The molecule has 0 aromatic heterocycles. The summed E-state index contributed by atoms with van der Waals surface area (Å²) in [5.74, 6) is 3.00. The van der Waals surface area contributed by atoms with Crippen LogP contribution in [0.5, 0.6) is 0 Å². The fraction of sp³-hybridized carbons (Fsp3) is 0.263. The van der Waals surface area contributed by atoms with Crippen LogP contribution < -0.4 is 4.72 Å². The van der Waals surface area contributed by atoms with E-state index in [2.05, 4.69) is 35.8 Å². The fourth-order valence-corrected chi connectivity index (χ4v) is 3.53. The van der Waals surface area contributed by atoms with Crippen LogP contribution in [0.2, 0.25) is 19.6 Å². The molecule has 0 saturated heterocycles. The van der Waals surface area contributed by atoms with E-state index in [9.17, 15) is 17.7 Å². The molecule has 0 fully saturated rings. The van der Waals surface area contributed by atoms with Gasteiger partial charge in [-0.15, -0.1) is 5.54 Å². The SMILES string of the molecule is Cc1cc(C(F)(F)F)cc(N[S+]([O-])c2ccccc2)c1C#C[Si](C)(C)C. The summed E-state index contributed by atoms with van der Waals surface area (Å²) < 4.78 is 54.8. The average Bonchev–Trinajstić information content (AvgIpc) is 2.52. The lowest BCUT2D eigenvalue weighted by Crippen LogP contribution is -2.18. The van der Waals surface area contributed by atoms with Gasteiger partial charge in [-0.3, -0.25) is 0 Å². The molecule has 26 heavy (non-hydrogen) atoms. The molecule has 0 saturated carbocycles. The van der Waals surface area contributed by atoms with Crippen LogP contribution in [-0.2, 0) is 17.5 Å². The fourth-order valence-electron chi connectivity index (χ4n) is 2.15. The van der Waals surface area contributed by atoms with Crippen molar-refractivity contribution in [1.82, 2.24) is 0 Å². The zero-order chi connectivity index (χ0) is 19.5. The molecular weight excluding hydrogens is 375 g/mol. The molecule has 0 aliphatic carbocycles. The van der Waals surface area contributed by atoms with Gasteiger partial charge in [0.15, 0.2) is 4.90 Å². The number of aryl methyl sites for hydroxylation is 1. The average molecular weight is 396 g/mol. The summed E-state index contributed by atoms with van der Waals surface area (Å²) in [6.45, 7) is 7.73. The van der Waals surface area contributed by atoms with Crippen LogP contribution in [0.1, 0.15) is 16.7 Å². The van der Waals surface area contributed by atoms with Crippen LogP contribution in [0, 0.1) is 18.4 Å². The number of nitrogens with one attached hydrogen (secondary N) is 1. The monoisotopic (exact) mass is 395 g/mol. The normalized spacial score (nSPS) is 12.9. The minimum absolute atomic E-state index is 0.130. The Morgan fingerprint density at radius 1 is 1.08 bits per heavy atom. The second-order valence-corrected chi connectivity index (χ2v) is 12.9. The van der Waals surface area contributed by atoms with Gasteiger partial charge in [0.05, 0.1) is 16.8 Å². The highest BCUT2D eigenvalue weighted by molar-refractivity contribution is 7.92. The molecule has 0 heterocycles. The van der Waals surface area contributed by atoms with E-state index in [0.717, 1.165) is 12.1 Å². The Balaban J connectivity index is 2.52. The molecule has 2 aromatic rings. The summed E-state index contributed by atoms with van der Waals surface area (Å²) in [4.78, 5) is 0.478. The van der Waals surface area contributed by atoms with Gasteiger partial charge >= 0.3 is 6.18 Å². The van der Waals surface area contributed by atoms with E-state index in [1.807, 2.05) is 0 Å². The molecule has 2 aromatic carbocycles. The van der Waals surface area contributed by atoms with E-state index in [1.165, 1.54) is 0 Å². The third-order valence-electron chi connectivity index (χ3n) is 3.39. The Hall–Kier alpha value is -1.88. The van der Waals surface area contributed by atoms with Crippen molar-refractivity contribution in [2.45, 2.75) is 37.6 Å². The molecule has 2 rings (SSSR count). The molecule has 1 unspecified atom stereocenters. The van der Waals surface area contributed by atoms with Crippen LogP contribution >= 0.6 is 0 Å². The van der Waals surface area contributed by atoms with Crippen molar-refractivity contribution in [2.24, 2.45) is 0 Å². The molecule has 1 N–H and O–H groups in total. The van der Waals surface area contributed by atoms with E-state index in [0.29, 0.717) is 16.0 Å². The maximum absolute atomic E-state index is 13.2. The first-order valence-electron chi connectivity index (χ1n) is 7.96. The Morgan fingerprint density at radius 3 is 2.23 bits per heavy atom. The van der Waals surface area contributed by atoms with Crippen LogP contribution in [-0.4, -0.2) is 12.6 Å². The largest absolute Gasteiger partial charge is 0.588 e. The molecule has 1 atom stereocenters. The van der Waals surface area contributed by atoms with Gasteiger partial charge in [-0.1, -0.05) is 43.8 Å². The molecule has 0 radical (unpaired) electrons. The highest BCUT2D eigenvalue weighted by atomic mass is 32.2. The summed E-state index contributed by atoms with van der Waals surface area (Å²) >= 11 is -1.69. The smallest absolute Gasteiger partial charge is 0.416 e. The third kappa shape index (κ3) is 5.56. The number of halogens is 3. The Kier molecular flexibility index (Phi) is 6.12. The second kappa shape index (κ2) is 7.78. The first-order valence-corrected chi connectivity index (χ1v) is 12.6. The predicted octanol–water partition coefficient (Wildman–Crippen LogP) is 5.38. The maximum Gasteiger partial charge on any atom is 0.416 e. The minimum Gasteiger partial charge on any atom is -0.588 e. The zero-order valence-corrected chi connectivity index (χ0v) is 16.8. The van der Waals surface area contributed by atoms with E-state index < -0.39 is 31.2 Å². The third-order valence-corrected chi connectivity index (χ3v) is 5.37. The summed E-state index contributed by atoms with van der Waals surface area (Å²) in [7, 11) is -1.73. The summed E-state index contributed by atoms with van der Waals surface area (Å²) in [6, 6.07) is 10.6. The maximum atomic E-state index is 13.2. The number of anilines is 1. The van der Waals surface area contributed by atoms with Crippen LogP contribution in [0.25, 0.3) is 0 Å². The quantitative estimate of drug-likeness (QED) is 0.430. The van der Waals surface area contributed by atoms with Crippen molar-refractivity contribution in [3.63, 3.8) is 0 Å². The molecule has 0 amide bonds. The second-order valence-electron chi connectivity index (χ2n) is 6.90. The first kappa shape index (κ1) is 20.4. The molecule has 7 heteroatoms. The van der Waals surface area contributed by atoms with Crippen molar-refractivity contribution in [1.29, 1.82) is 0 Å². The van der Waals surface area contributed by atoms with Crippen molar-refractivity contribution in [2.75, 3.05) is 4.72 Å². The van der Waals surface area contributed by atoms with E-state index >= 15 is 0 Å². The van der Waals surface area contributed by atoms with Gasteiger partial charge in [-0.05, 0) is 36.8 Å². The van der Waals surface area contributed by atoms with Crippen molar-refractivity contribution in [3.05, 3.63) is 59.2 Å². The van der Waals surface area contributed by atoms with E-state index in [-0.39, 0.29) is 5.69 Å². The number of rotatable bonds is 3. The zero-order valence-electron chi connectivity index (χ0n) is 15.0. The Bertz CT molecular complexity index is 836. The number of benzene rings is 2. The number of hydrogen-bond acceptors (Lipinski definition) is 2. The van der Waals surface area contributed by atoms with Gasteiger partial charge in [0.1, 0.15) is 19.4 Å². The van der Waals surface area contributed by atoms with Crippen LogP contribution in [0.4, 0.5) is 18.9 Å². The van der Waals surface area contributed by atoms with Gasteiger partial charge in [0.2, 0.25) is 0 Å². The summed E-state index contributed by atoms with van der Waals surface area (Å²) in [5.41, 5.74) is 3.35. The molecule has 0 spiro atoms. The molecule has 2 nitrogen and oxygen atoms in total. The van der Waals surface area contributed by atoms with Crippen molar-refractivity contribution >= 4 is 25.1 Å². The van der Waals surface area contributed by atoms with Crippen LogP contribution in [0.15, 0.2) is 47.4 Å². The Morgan fingerprint density at radius 2 is 1.69 bits per heavy atom. The van der Waals surface area contributed by atoms with E-state index in [4.69, 9.17) is 0 Å². The topological polar surface area (TPSA) is 35.1 Å². The lowest BCUT2D eigenvalue weighted by Gasteiger charge is -2.17. The summed E-state index contributed by atoms with van der Waals surface area (Å²) in [5, 5.41) is 0. The number of hydrogen-bond donors (Lipinski definition) is 1. The highest BCUT2D eigenvalue weighted by Crippen LogP contribution is 2.34. The molecule has 0 aliphatic heterocycles.